The van der Waals surface area contributed by atoms with Crippen LogP contribution in [0, 0.1) is 5.82 Å². The van der Waals surface area contributed by atoms with Crippen LogP contribution in [0.3, 0.4) is 0 Å². The van der Waals surface area contributed by atoms with Gasteiger partial charge in [0.1, 0.15) is 11.6 Å². The van der Waals surface area contributed by atoms with Crippen molar-refractivity contribution in [3.8, 4) is 16.9 Å². The zero-order valence-corrected chi connectivity index (χ0v) is 15.9. The summed E-state index contributed by atoms with van der Waals surface area (Å²) in [4.78, 5) is 23.7. The molecule has 1 aromatic carbocycles. The summed E-state index contributed by atoms with van der Waals surface area (Å²) >= 11 is 0. The second kappa shape index (κ2) is 7.51. The van der Waals surface area contributed by atoms with Crippen molar-refractivity contribution < 1.29 is 27.4 Å². The molecule has 1 N–H and O–H groups in total. The average molecular weight is 397 g/mol. The first kappa shape index (κ1) is 20.6. The van der Waals surface area contributed by atoms with Gasteiger partial charge in [-0.15, -0.1) is 0 Å². The Morgan fingerprint density at radius 3 is 2.44 bits per heavy atom. The predicted octanol–water partition coefficient (Wildman–Crippen LogP) is 1.94. The van der Waals surface area contributed by atoms with E-state index in [1.54, 1.807) is 6.07 Å². The quantitative estimate of drug-likeness (QED) is 0.766. The molecule has 2 rings (SSSR count). The van der Waals surface area contributed by atoms with E-state index in [0.717, 1.165) is 13.2 Å². The third-order valence-electron chi connectivity index (χ3n) is 4.58. The van der Waals surface area contributed by atoms with E-state index >= 15 is 0 Å². The molecule has 0 bridgehead atoms. The first-order valence-corrected chi connectivity index (χ1v) is 9.86. The number of aryl methyl sites for hydroxylation is 1. The SMILES string of the molecule is COc1ccc(-c2ccn(CC[C@](C)(C(=O)O)S(C)(=O)=O)c(=O)c2)c(F)c1. The van der Waals surface area contributed by atoms with Crippen LogP contribution in [0.15, 0.2) is 41.3 Å². The van der Waals surface area contributed by atoms with Crippen LogP contribution < -0.4 is 10.3 Å². The average Bonchev–Trinajstić information content (AvgIpc) is 2.59. The van der Waals surface area contributed by atoms with Crippen LogP contribution in [-0.2, 0) is 21.2 Å². The number of halogens is 1. The number of hydrogen-bond donors (Lipinski definition) is 1. The molecule has 9 heteroatoms. The number of nitrogens with zero attached hydrogens (tertiary/aromatic N) is 1. The molecule has 7 nitrogen and oxygen atoms in total. The molecule has 0 fully saturated rings. The van der Waals surface area contributed by atoms with Crippen molar-refractivity contribution in [2.75, 3.05) is 13.4 Å². The predicted molar refractivity (Wildman–Crippen MR) is 98.1 cm³/mol. The first-order chi connectivity index (χ1) is 12.5. The Morgan fingerprint density at radius 1 is 1.30 bits per heavy atom. The van der Waals surface area contributed by atoms with Crippen LogP contribution in [0.1, 0.15) is 13.3 Å². The Kier molecular flexibility index (Phi) is 5.74. The lowest BCUT2D eigenvalue weighted by molar-refractivity contribution is -0.139. The van der Waals surface area contributed by atoms with Gasteiger partial charge in [0.05, 0.1) is 7.11 Å². The Labute approximate surface area is 155 Å². The summed E-state index contributed by atoms with van der Waals surface area (Å²) < 4.78 is 41.9. The number of aromatic nitrogens is 1. The standard InChI is InChI=1S/C18H20FNO6S/c1-18(17(22)23,27(3,24)25)7-9-20-8-6-12(10-16(20)21)14-5-4-13(26-2)11-15(14)19/h4-6,8,10-11H,7,9H2,1-3H3,(H,22,23)/t18-/m1/s1. The number of methoxy groups -OCH3 is 1. The number of sulfone groups is 1. The first-order valence-electron chi connectivity index (χ1n) is 7.97. The van der Waals surface area contributed by atoms with Gasteiger partial charge in [0.15, 0.2) is 14.6 Å². The van der Waals surface area contributed by atoms with Gasteiger partial charge in [0.25, 0.3) is 5.56 Å². The third-order valence-corrected chi connectivity index (χ3v) is 6.60. The van der Waals surface area contributed by atoms with Gasteiger partial charge in [0, 0.05) is 36.7 Å². The number of carbonyl (C=O) groups is 1. The van der Waals surface area contributed by atoms with E-state index in [2.05, 4.69) is 0 Å². The van der Waals surface area contributed by atoms with Crippen molar-refractivity contribution in [2.45, 2.75) is 24.6 Å². The van der Waals surface area contributed by atoms with Gasteiger partial charge in [-0.3, -0.25) is 9.59 Å². The van der Waals surface area contributed by atoms with E-state index in [1.165, 1.54) is 42.1 Å². The molecule has 0 unspecified atom stereocenters. The fraction of sp³-hybridized carbons (Fsp3) is 0.333. The van der Waals surface area contributed by atoms with Crippen LogP contribution in [0.25, 0.3) is 11.1 Å². The van der Waals surface area contributed by atoms with Gasteiger partial charge in [-0.1, -0.05) is 0 Å². The van der Waals surface area contributed by atoms with E-state index < -0.39 is 31.9 Å². The number of aliphatic carboxylic acids is 1. The summed E-state index contributed by atoms with van der Waals surface area (Å²) in [5, 5.41) is 9.26. The minimum atomic E-state index is -3.89. The summed E-state index contributed by atoms with van der Waals surface area (Å²) in [6.45, 7) is 0.997. The Balaban J connectivity index is 2.30. The molecule has 1 aromatic heterocycles. The molecule has 0 radical (unpaired) electrons. The minimum absolute atomic E-state index is 0.111. The van der Waals surface area contributed by atoms with Crippen molar-refractivity contribution in [3.63, 3.8) is 0 Å². The molecule has 1 heterocycles. The number of pyridine rings is 1. The maximum atomic E-state index is 14.2. The highest BCUT2D eigenvalue weighted by atomic mass is 32.2. The fourth-order valence-corrected chi connectivity index (χ4v) is 3.28. The lowest BCUT2D eigenvalue weighted by Gasteiger charge is -2.23. The highest BCUT2D eigenvalue weighted by Gasteiger charge is 2.43. The highest BCUT2D eigenvalue weighted by molar-refractivity contribution is 7.92. The summed E-state index contributed by atoms with van der Waals surface area (Å²) in [5.74, 6) is -1.68. The molecule has 0 spiro atoms. The maximum Gasteiger partial charge on any atom is 0.324 e. The van der Waals surface area contributed by atoms with Crippen molar-refractivity contribution in [1.29, 1.82) is 0 Å². The second-order valence-electron chi connectivity index (χ2n) is 6.35. The molecule has 27 heavy (non-hydrogen) atoms. The Morgan fingerprint density at radius 2 is 1.96 bits per heavy atom. The topological polar surface area (TPSA) is 103 Å². The summed E-state index contributed by atoms with van der Waals surface area (Å²) in [7, 11) is -2.47. The maximum absolute atomic E-state index is 14.2. The lowest BCUT2D eigenvalue weighted by atomic mass is 10.1. The summed E-state index contributed by atoms with van der Waals surface area (Å²) in [5.41, 5.74) is 0.0658. The Bertz CT molecular complexity index is 1030. The van der Waals surface area contributed by atoms with Crippen LogP contribution in [0.2, 0.25) is 0 Å². The molecule has 0 saturated heterocycles. The van der Waals surface area contributed by atoms with Gasteiger partial charge in [-0.25, -0.2) is 12.8 Å². The number of hydrogen-bond acceptors (Lipinski definition) is 5. The van der Waals surface area contributed by atoms with E-state index in [4.69, 9.17) is 4.74 Å². The summed E-state index contributed by atoms with van der Waals surface area (Å²) in [6.07, 6.45) is 1.95. The van der Waals surface area contributed by atoms with Crippen molar-refractivity contribution in [1.82, 2.24) is 4.57 Å². The highest BCUT2D eigenvalue weighted by Crippen LogP contribution is 2.26. The largest absolute Gasteiger partial charge is 0.497 e. The van der Waals surface area contributed by atoms with Crippen molar-refractivity contribution in [2.24, 2.45) is 0 Å². The number of carboxylic acids is 1. The van der Waals surface area contributed by atoms with Gasteiger partial charge < -0.3 is 14.4 Å². The van der Waals surface area contributed by atoms with Crippen LogP contribution in [0.4, 0.5) is 4.39 Å². The minimum Gasteiger partial charge on any atom is -0.497 e. The van der Waals surface area contributed by atoms with Crippen LogP contribution in [-0.4, -0.2) is 42.2 Å². The van der Waals surface area contributed by atoms with E-state index in [-0.39, 0.29) is 18.5 Å². The van der Waals surface area contributed by atoms with E-state index in [0.29, 0.717) is 11.3 Å². The van der Waals surface area contributed by atoms with Crippen LogP contribution in [0.5, 0.6) is 5.75 Å². The normalized spacial score (nSPS) is 13.8. The second-order valence-corrected chi connectivity index (χ2v) is 8.80. The van der Waals surface area contributed by atoms with Crippen LogP contribution >= 0.6 is 0 Å². The summed E-state index contributed by atoms with van der Waals surface area (Å²) in [6, 6.07) is 6.96. The van der Waals surface area contributed by atoms with Gasteiger partial charge in [0.2, 0.25) is 0 Å². The zero-order valence-electron chi connectivity index (χ0n) is 15.1. The Hall–Kier alpha value is -2.68. The molecule has 146 valence electrons. The van der Waals surface area contributed by atoms with E-state index in [9.17, 15) is 27.5 Å². The molecular formula is C18H20FNO6S. The third kappa shape index (κ3) is 4.19. The van der Waals surface area contributed by atoms with E-state index in [1.807, 2.05) is 0 Å². The number of rotatable bonds is 7. The van der Waals surface area contributed by atoms with Crippen molar-refractivity contribution in [3.05, 3.63) is 52.7 Å². The van der Waals surface area contributed by atoms with Gasteiger partial charge in [-0.05, 0) is 37.1 Å². The number of carboxylic acid groups (broad SMARTS) is 1. The molecular weight excluding hydrogens is 377 g/mol. The molecule has 0 aliphatic carbocycles. The molecule has 0 aliphatic rings. The number of benzene rings is 1. The van der Waals surface area contributed by atoms with Gasteiger partial charge in [-0.2, -0.15) is 0 Å². The molecule has 0 saturated carbocycles. The monoisotopic (exact) mass is 397 g/mol. The number of ether oxygens (including phenoxy) is 1. The fourth-order valence-electron chi connectivity index (χ4n) is 2.50. The van der Waals surface area contributed by atoms with Gasteiger partial charge >= 0.3 is 5.97 Å². The molecule has 0 aliphatic heterocycles. The van der Waals surface area contributed by atoms with Crippen molar-refractivity contribution >= 4 is 15.8 Å². The molecule has 1 atom stereocenters. The smallest absolute Gasteiger partial charge is 0.324 e. The lowest BCUT2D eigenvalue weighted by Crippen LogP contribution is -2.44. The molecule has 2 aromatic rings. The zero-order chi connectivity index (χ0) is 20.4. The molecule has 0 amide bonds.